The van der Waals surface area contributed by atoms with Crippen LogP contribution in [-0.2, 0) is 9.47 Å². The summed E-state index contributed by atoms with van der Waals surface area (Å²) in [4.78, 5) is 6.87. The minimum Gasteiger partial charge on any atom is -0.379 e. The summed E-state index contributed by atoms with van der Waals surface area (Å²) in [6.45, 7) is 9.71. The number of nitrogens with one attached hydrogen (secondary N) is 2. The zero-order valence-electron chi connectivity index (χ0n) is 17.0. The lowest BCUT2D eigenvalue weighted by atomic mass is 10.0. The van der Waals surface area contributed by atoms with Gasteiger partial charge in [-0.15, -0.1) is 24.0 Å². The summed E-state index contributed by atoms with van der Waals surface area (Å²) in [5, 5.41) is 6.87. The van der Waals surface area contributed by atoms with E-state index in [0.717, 1.165) is 44.4 Å². The third-order valence-electron chi connectivity index (χ3n) is 4.90. The van der Waals surface area contributed by atoms with Gasteiger partial charge >= 0.3 is 0 Å². The summed E-state index contributed by atoms with van der Waals surface area (Å²) in [7, 11) is 3.54. The van der Waals surface area contributed by atoms with Crippen molar-refractivity contribution in [3.05, 3.63) is 35.9 Å². The van der Waals surface area contributed by atoms with Crippen molar-refractivity contribution < 1.29 is 9.47 Å². The Bertz CT molecular complexity index is 536. The summed E-state index contributed by atoms with van der Waals surface area (Å²) in [5.41, 5.74) is 1.16. The molecule has 2 unspecified atom stereocenters. The topological polar surface area (TPSA) is 58.1 Å². The zero-order chi connectivity index (χ0) is 18.8. The van der Waals surface area contributed by atoms with Crippen LogP contribution in [0.3, 0.4) is 0 Å². The molecule has 1 aromatic carbocycles. The summed E-state index contributed by atoms with van der Waals surface area (Å²) in [6.07, 6.45) is -0.00473. The van der Waals surface area contributed by atoms with Gasteiger partial charge < -0.3 is 20.1 Å². The van der Waals surface area contributed by atoms with E-state index in [1.165, 1.54) is 0 Å². The van der Waals surface area contributed by atoms with Crippen molar-refractivity contribution in [3.8, 4) is 0 Å². The summed E-state index contributed by atoms with van der Waals surface area (Å²) in [5.74, 6) is 1.37. The van der Waals surface area contributed by atoms with E-state index in [4.69, 9.17) is 9.47 Å². The van der Waals surface area contributed by atoms with Gasteiger partial charge in [-0.3, -0.25) is 9.89 Å². The number of morpholine rings is 1. The molecule has 1 fully saturated rings. The molecule has 2 rings (SSSR count). The van der Waals surface area contributed by atoms with Crippen molar-refractivity contribution in [1.82, 2.24) is 15.5 Å². The lowest BCUT2D eigenvalue weighted by Crippen LogP contribution is -2.52. The number of benzene rings is 1. The Balaban J connectivity index is 0.00000364. The van der Waals surface area contributed by atoms with Crippen LogP contribution in [0.5, 0.6) is 0 Å². The quantitative estimate of drug-likeness (QED) is 0.333. The Labute approximate surface area is 181 Å². The Morgan fingerprint density at radius 2 is 1.78 bits per heavy atom. The molecule has 7 heteroatoms. The van der Waals surface area contributed by atoms with Crippen LogP contribution in [-0.4, -0.2) is 70.5 Å². The van der Waals surface area contributed by atoms with Crippen LogP contribution in [0.15, 0.2) is 35.3 Å². The number of hydrogen-bond donors (Lipinski definition) is 2. The zero-order valence-corrected chi connectivity index (χ0v) is 19.3. The van der Waals surface area contributed by atoms with Crippen LogP contribution < -0.4 is 10.6 Å². The number of halogens is 1. The molecule has 154 valence electrons. The number of aliphatic imine (C=N–C) groups is 1. The first-order valence-corrected chi connectivity index (χ1v) is 9.49. The van der Waals surface area contributed by atoms with Crippen molar-refractivity contribution in [2.75, 3.05) is 53.6 Å². The lowest BCUT2D eigenvalue weighted by molar-refractivity contribution is 0.00750. The van der Waals surface area contributed by atoms with Crippen LogP contribution >= 0.6 is 24.0 Å². The fourth-order valence-corrected chi connectivity index (χ4v) is 3.31. The van der Waals surface area contributed by atoms with Gasteiger partial charge in [0, 0.05) is 46.4 Å². The highest BCUT2D eigenvalue weighted by molar-refractivity contribution is 14.0. The van der Waals surface area contributed by atoms with Crippen molar-refractivity contribution in [1.29, 1.82) is 0 Å². The fraction of sp³-hybridized carbons (Fsp3) is 0.650. The van der Waals surface area contributed by atoms with Gasteiger partial charge in [0.15, 0.2) is 5.96 Å². The molecule has 1 heterocycles. The molecule has 0 aliphatic carbocycles. The smallest absolute Gasteiger partial charge is 0.191 e. The third-order valence-corrected chi connectivity index (χ3v) is 4.90. The molecule has 27 heavy (non-hydrogen) atoms. The van der Waals surface area contributed by atoms with Gasteiger partial charge in [-0.1, -0.05) is 44.2 Å². The van der Waals surface area contributed by atoms with Crippen LogP contribution in [0.2, 0.25) is 0 Å². The Kier molecular flexibility index (Phi) is 11.9. The van der Waals surface area contributed by atoms with Crippen molar-refractivity contribution in [3.63, 3.8) is 0 Å². The summed E-state index contributed by atoms with van der Waals surface area (Å²) >= 11 is 0. The van der Waals surface area contributed by atoms with E-state index < -0.39 is 0 Å². The van der Waals surface area contributed by atoms with Gasteiger partial charge in [0.25, 0.3) is 0 Å². The van der Waals surface area contributed by atoms with Gasteiger partial charge in [0.2, 0.25) is 0 Å². The predicted molar refractivity (Wildman–Crippen MR) is 122 cm³/mol. The monoisotopic (exact) mass is 490 g/mol. The predicted octanol–water partition coefficient (Wildman–Crippen LogP) is 2.51. The van der Waals surface area contributed by atoms with E-state index in [-0.39, 0.29) is 30.1 Å². The number of guanidine groups is 1. The maximum absolute atomic E-state index is 5.62. The number of methoxy groups -OCH3 is 1. The molecule has 2 N–H and O–H groups in total. The summed E-state index contributed by atoms with van der Waals surface area (Å²) < 4.78 is 11.1. The van der Waals surface area contributed by atoms with Crippen LogP contribution in [0, 0.1) is 5.92 Å². The van der Waals surface area contributed by atoms with Crippen LogP contribution in [0.4, 0.5) is 0 Å². The number of nitrogens with zero attached hydrogens (tertiary/aromatic N) is 2. The van der Waals surface area contributed by atoms with E-state index in [1.807, 2.05) is 18.2 Å². The largest absolute Gasteiger partial charge is 0.379 e. The molecule has 1 aliphatic heterocycles. The highest BCUT2D eigenvalue weighted by Crippen LogP contribution is 2.15. The van der Waals surface area contributed by atoms with Gasteiger partial charge in [-0.2, -0.15) is 0 Å². The molecule has 0 bridgehead atoms. The number of rotatable bonds is 8. The third kappa shape index (κ3) is 7.93. The molecule has 0 radical (unpaired) electrons. The van der Waals surface area contributed by atoms with Crippen molar-refractivity contribution >= 4 is 29.9 Å². The second kappa shape index (κ2) is 13.3. The molecule has 0 aromatic heterocycles. The highest BCUT2D eigenvalue weighted by Gasteiger charge is 2.24. The van der Waals surface area contributed by atoms with Gasteiger partial charge in [-0.05, 0) is 11.5 Å². The molecular formula is C20H35IN4O2. The fourth-order valence-electron chi connectivity index (χ4n) is 3.31. The average molecular weight is 490 g/mol. The maximum Gasteiger partial charge on any atom is 0.191 e. The minimum atomic E-state index is -0.00473. The molecule has 0 amide bonds. The van der Waals surface area contributed by atoms with Crippen molar-refractivity contribution in [2.45, 2.75) is 26.0 Å². The molecule has 2 atom stereocenters. The maximum atomic E-state index is 5.62. The van der Waals surface area contributed by atoms with Crippen molar-refractivity contribution in [2.24, 2.45) is 10.9 Å². The first-order chi connectivity index (χ1) is 12.7. The first-order valence-electron chi connectivity index (χ1n) is 9.49. The standard InChI is InChI=1S/C20H34N4O2.HI/c1-16(2)18(24-10-12-26-13-11-24)14-22-20(21-3)23-15-19(25-4)17-8-6-5-7-9-17;/h5-9,16,18-19H,10-15H2,1-4H3,(H2,21,22,23);1H. The summed E-state index contributed by atoms with van der Waals surface area (Å²) in [6, 6.07) is 10.7. The second-order valence-corrected chi connectivity index (χ2v) is 6.93. The SMILES string of the molecule is CN=C(NCC(OC)c1ccccc1)NCC(C(C)C)N1CCOCC1.I. The number of hydrogen-bond acceptors (Lipinski definition) is 4. The van der Waals surface area contributed by atoms with E-state index >= 15 is 0 Å². The van der Waals surface area contributed by atoms with E-state index in [1.54, 1.807) is 14.2 Å². The number of ether oxygens (including phenoxy) is 2. The second-order valence-electron chi connectivity index (χ2n) is 6.93. The molecule has 1 aliphatic rings. The van der Waals surface area contributed by atoms with E-state index in [9.17, 15) is 0 Å². The lowest BCUT2D eigenvalue weighted by Gasteiger charge is -2.37. The molecular weight excluding hydrogens is 455 g/mol. The first kappa shape index (κ1) is 24.1. The Morgan fingerprint density at radius 1 is 1.15 bits per heavy atom. The molecule has 0 saturated carbocycles. The Hall–Kier alpha value is -0.900. The van der Waals surface area contributed by atoms with Crippen LogP contribution in [0.25, 0.3) is 0 Å². The minimum absolute atomic E-state index is 0. The molecule has 1 saturated heterocycles. The van der Waals surface area contributed by atoms with Crippen LogP contribution in [0.1, 0.15) is 25.5 Å². The molecule has 6 nitrogen and oxygen atoms in total. The van der Waals surface area contributed by atoms with Gasteiger partial charge in [0.1, 0.15) is 0 Å². The Morgan fingerprint density at radius 3 is 2.33 bits per heavy atom. The van der Waals surface area contributed by atoms with Gasteiger partial charge in [0.05, 0.1) is 19.3 Å². The van der Waals surface area contributed by atoms with Gasteiger partial charge in [-0.25, -0.2) is 0 Å². The van der Waals surface area contributed by atoms with E-state index in [2.05, 4.69) is 46.5 Å². The molecule has 0 spiro atoms. The normalized spacial score (nSPS) is 17.9. The average Bonchev–Trinajstić information content (AvgIpc) is 2.68. The van der Waals surface area contributed by atoms with E-state index in [0.29, 0.717) is 18.5 Å². The molecule has 1 aromatic rings. The highest BCUT2D eigenvalue weighted by atomic mass is 127.